The number of rotatable bonds is 1. The molecule has 0 aliphatic carbocycles. The molecule has 5 nitrogen and oxygen atoms in total. The Labute approximate surface area is 125 Å². The molecule has 0 fully saturated rings. The number of hydrogen-bond donors (Lipinski definition) is 2. The molecule has 1 aliphatic rings. The smallest absolute Gasteiger partial charge is 0.255 e. The number of fused-ring (bicyclic) bond motifs is 2. The molecule has 4 rings (SSSR count). The second-order valence-corrected chi connectivity index (χ2v) is 5.03. The molecule has 2 aromatic heterocycles. The normalized spacial score (nSPS) is 14.1. The fourth-order valence-corrected chi connectivity index (χ4v) is 2.67. The van der Waals surface area contributed by atoms with Gasteiger partial charge in [0.1, 0.15) is 23.8 Å². The highest BCUT2D eigenvalue weighted by Crippen LogP contribution is 2.33. The van der Waals surface area contributed by atoms with Crippen molar-refractivity contribution in [1.29, 1.82) is 0 Å². The standard InChI is InChI=1S/C16H12FN3O2/c17-13-8-14-12(16(21)20-5-6-22-14)7-11(13)9-1-3-18-15-10(9)2-4-19-15/h1-4,7-8H,5-6H2,(H,18,19)(H,20,21). The molecule has 1 aliphatic heterocycles. The van der Waals surface area contributed by atoms with Crippen LogP contribution in [0.25, 0.3) is 22.2 Å². The second-order valence-electron chi connectivity index (χ2n) is 5.03. The van der Waals surface area contributed by atoms with Gasteiger partial charge in [0.15, 0.2) is 0 Å². The van der Waals surface area contributed by atoms with E-state index in [0.717, 1.165) is 5.39 Å². The lowest BCUT2D eigenvalue weighted by Crippen LogP contribution is -2.24. The largest absolute Gasteiger partial charge is 0.491 e. The first kappa shape index (κ1) is 12.8. The molecule has 3 heterocycles. The fourth-order valence-electron chi connectivity index (χ4n) is 2.67. The molecule has 3 aromatic rings. The average Bonchev–Trinajstić information content (AvgIpc) is 2.93. The minimum absolute atomic E-state index is 0.256. The summed E-state index contributed by atoms with van der Waals surface area (Å²) in [4.78, 5) is 19.3. The lowest BCUT2D eigenvalue weighted by atomic mass is 10.00. The molecule has 0 atom stereocenters. The summed E-state index contributed by atoms with van der Waals surface area (Å²) in [6, 6.07) is 6.37. The Morgan fingerprint density at radius 1 is 1.18 bits per heavy atom. The Morgan fingerprint density at radius 2 is 2.09 bits per heavy atom. The number of amides is 1. The van der Waals surface area contributed by atoms with Crippen LogP contribution < -0.4 is 10.1 Å². The van der Waals surface area contributed by atoms with Gasteiger partial charge in [-0.25, -0.2) is 9.37 Å². The summed E-state index contributed by atoms with van der Waals surface area (Å²) in [6.07, 6.45) is 3.36. The van der Waals surface area contributed by atoms with E-state index in [-0.39, 0.29) is 11.7 Å². The van der Waals surface area contributed by atoms with Gasteiger partial charge < -0.3 is 15.0 Å². The van der Waals surface area contributed by atoms with Crippen molar-refractivity contribution in [2.75, 3.05) is 13.2 Å². The molecule has 0 radical (unpaired) electrons. The van der Waals surface area contributed by atoms with Crippen LogP contribution >= 0.6 is 0 Å². The van der Waals surface area contributed by atoms with Crippen molar-refractivity contribution < 1.29 is 13.9 Å². The van der Waals surface area contributed by atoms with Gasteiger partial charge in [-0.15, -0.1) is 0 Å². The van der Waals surface area contributed by atoms with E-state index in [9.17, 15) is 9.18 Å². The quantitative estimate of drug-likeness (QED) is 0.725. The summed E-state index contributed by atoms with van der Waals surface area (Å²) in [6.45, 7) is 0.733. The molecule has 0 bridgehead atoms. The Bertz CT molecular complexity index is 888. The van der Waals surface area contributed by atoms with Crippen molar-refractivity contribution in [2.24, 2.45) is 0 Å². The molecule has 0 saturated heterocycles. The first-order chi connectivity index (χ1) is 10.7. The van der Waals surface area contributed by atoms with Crippen molar-refractivity contribution >= 4 is 16.9 Å². The molecule has 6 heteroatoms. The highest BCUT2D eigenvalue weighted by molar-refractivity contribution is 6.00. The van der Waals surface area contributed by atoms with E-state index in [1.807, 2.05) is 6.07 Å². The number of hydrogen-bond acceptors (Lipinski definition) is 3. The summed E-state index contributed by atoms with van der Waals surface area (Å²) in [5.74, 6) is -0.411. The predicted molar refractivity (Wildman–Crippen MR) is 79.3 cm³/mol. The SMILES string of the molecule is O=C1NCCOc2cc(F)c(-c3ccnc4[nH]ccc34)cc21. The number of pyridine rings is 1. The Hall–Kier alpha value is -2.89. The van der Waals surface area contributed by atoms with Gasteiger partial charge >= 0.3 is 0 Å². The third kappa shape index (κ3) is 1.92. The number of carbonyl (C=O) groups excluding carboxylic acids is 1. The Balaban J connectivity index is 1.96. The van der Waals surface area contributed by atoms with Gasteiger partial charge in [-0.2, -0.15) is 0 Å². The van der Waals surface area contributed by atoms with Gasteiger partial charge in [-0.05, 0) is 23.8 Å². The van der Waals surface area contributed by atoms with Crippen LogP contribution in [-0.4, -0.2) is 29.0 Å². The fraction of sp³-hybridized carbons (Fsp3) is 0.125. The van der Waals surface area contributed by atoms with Crippen molar-refractivity contribution in [3.8, 4) is 16.9 Å². The second kappa shape index (κ2) is 4.84. The van der Waals surface area contributed by atoms with Crippen molar-refractivity contribution in [2.45, 2.75) is 0 Å². The first-order valence-corrected chi connectivity index (χ1v) is 6.91. The van der Waals surface area contributed by atoms with E-state index in [1.165, 1.54) is 12.1 Å². The third-order valence-electron chi connectivity index (χ3n) is 3.71. The Morgan fingerprint density at radius 3 is 3.00 bits per heavy atom. The lowest BCUT2D eigenvalue weighted by Gasteiger charge is -2.10. The van der Waals surface area contributed by atoms with Gasteiger partial charge in [0.2, 0.25) is 0 Å². The van der Waals surface area contributed by atoms with Gasteiger partial charge in [0.05, 0.1) is 12.1 Å². The molecule has 0 saturated carbocycles. The van der Waals surface area contributed by atoms with Crippen molar-refractivity contribution in [3.63, 3.8) is 0 Å². The van der Waals surface area contributed by atoms with Crippen LogP contribution in [0.4, 0.5) is 4.39 Å². The number of aromatic nitrogens is 2. The van der Waals surface area contributed by atoms with Gasteiger partial charge in [0.25, 0.3) is 5.91 Å². The van der Waals surface area contributed by atoms with Crippen LogP contribution in [0.3, 0.4) is 0 Å². The average molecular weight is 297 g/mol. The number of benzene rings is 1. The van der Waals surface area contributed by atoms with Crippen molar-refractivity contribution in [1.82, 2.24) is 15.3 Å². The molecule has 1 aromatic carbocycles. The molecule has 22 heavy (non-hydrogen) atoms. The molecular formula is C16H12FN3O2. The zero-order valence-electron chi connectivity index (χ0n) is 11.5. The molecule has 1 amide bonds. The van der Waals surface area contributed by atoms with E-state index in [1.54, 1.807) is 18.5 Å². The number of H-pyrrole nitrogens is 1. The molecule has 0 unspecified atom stereocenters. The highest BCUT2D eigenvalue weighted by Gasteiger charge is 2.21. The van der Waals surface area contributed by atoms with Crippen LogP contribution in [-0.2, 0) is 0 Å². The minimum atomic E-state index is -0.429. The zero-order chi connectivity index (χ0) is 15.1. The van der Waals surface area contributed by atoms with Crippen LogP contribution in [0.2, 0.25) is 0 Å². The van der Waals surface area contributed by atoms with Gasteiger partial charge in [0, 0.05) is 29.4 Å². The summed E-state index contributed by atoms with van der Waals surface area (Å²) >= 11 is 0. The number of carbonyl (C=O) groups is 1. The summed E-state index contributed by atoms with van der Waals surface area (Å²) in [5, 5.41) is 3.53. The molecule has 0 spiro atoms. The lowest BCUT2D eigenvalue weighted by molar-refractivity contribution is 0.0957. The number of halogens is 1. The zero-order valence-corrected chi connectivity index (χ0v) is 11.5. The van der Waals surface area contributed by atoms with Gasteiger partial charge in [-0.1, -0.05) is 0 Å². The highest BCUT2D eigenvalue weighted by atomic mass is 19.1. The maximum absolute atomic E-state index is 14.5. The summed E-state index contributed by atoms with van der Waals surface area (Å²) in [7, 11) is 0. The molecule has 110 valence electrons. The van der Waals surface area contributed by atoms with E-state index < -0.39 is 5.82 Å². The number of ether oxygens (including phenoxy) is 1. The summed E-state index contributed by atoms with van der Waals surface area (Å²) < 4.78 is 19.9. The van der Waals surface area contributed by atoms with Crippen LogP contribution in [0.1, 0.15) is 10.4 Å². The van der Waals surface area contributed by atoms with E-state index in [0.29, 0.717) is 35.5 Å². The number of nitrogens with one attached hydrogen (secondary N) is 2. The monoisotopic (exact) mass is 297 g/mol. The maximum atomic E-state index is 14.5. The van der Waals surface area contributed by atoms with Gasteiger partial charge in [-0.3, -0.25) is 4.79 Å². The third-order valence-corrected chi connectivity index (χ3v) is 3.71. The van der Waals surface area contributed by atoms with E-state index in [2.05, 4.69) is 15.3 Å². The Kier molecular flexibility index (Phi) is 2.82. The molecular weight excluding hydrogens is 285 g/mol. The van der Waals surface area contributed by atoms with Crippen LogP contribution in [0.5, 0.6) is 5.75 Å². The van der Waals surface area contributed by atoms with E-state index in [4.69, 9.17) is 4.74 Å². The minimum Gasteiger partial charge on any atom is -0.491 e. The molecule has 2 N–H and O–H groups in total. The number of aromatic amines is 1. The van der Waals surface area contributed by atoms with Crippen LogP contribution in [0.15, 0.2) is 36.7 Å². The van der Waals surface area contributed by atoms with Crippen LogP contribution in [0, 0.1) is 5.82 Å². The summed E-state index contributed by atoms with van der Waals surface area (Å²) in [5.41, 5.74) is 2.05. The van der Waals surface area contributed by atoms with Crippen molar-refractivity contribution in [3.05, 3.63) is 48.0 Å². The maximum Gasteiger partial charge on any atom is 0.255 e. The topological polar surface area (TPSA) is 67.0 Å². The predicted octanol–water partition coefficient (Wildman–Crippen LogP) is 2.49. The number of nitrogens with zero attached hydrogens (tertiary/aromatic N) is 1. The first-order valence-electron chi connectivity index (χ1n) is 6.91. The van der Waals surface area contributed by atoms with E-state index >= 15 is 0 Å².